The van der Waals surface area contributed by atoms with Gasteiger partial charge in [-0.05, 0) is 37.9 Å². The van der Waals surface area contributed by atoms with E-state index in [1.165, 1.54) is 22.5 Å². The highest BCUT2D eigenvalue weighted by molar-refractivity contribution is 5.41. The average molecular weight is 325 g/mol. The lowest BCUT2D eigenvalue weighted by atomic mass is 9.77. The van der Waals surface area contributed by atoms with Crippen molar-refractivity contribution in [1.82, 2.24) is 15.1 Å². The van der Waals surface area contributed by atoms with Gasteiger partial charge in [-0.25, -0.2) is 0 Å². The number of aromatic nitrogens is 2. The number of benzene rings is 1. The first kappa shape index (κ1) is 15.9. The van der Waals surface area contributed by atoms with Gasteiger partial charge in [0.2, 0.25) is 0 Å². The summed E-state index contributed by atoms with van der Waals surface area (Å²) >= 11 is 0. The van der Waals surface area contributed by atoms with Crippen molar-refractivity contribution in [3.63, 3.8) is 0 Å². The van der Waals surface area contributed by atoms with E-state index in [9.17, 15) is 0 Å². The molecule has 0 amide bonds. The molecule has 0 bridgehead atoms. The second kappa shape index (κ2) is 6.34. The quantitative estimate of drug-likeness (QED) is 0.942. The molecule has 0 aliphatic carbocycles. The Bertz CT molecular complexity index is 701. The Labute approximate surface area is 144 Å². The standard InChI is InChI=1S/C20H27N3O/c1-3-16(15-7-5-4-6-8-15)19-18-17(23(2)22-19)9-14-24-20(18)10-12-21-13-11-20/h4-8,16,21H,3,9-14H2,1-2H3. The summed E-state index contributed by atoms with van der Waals surface area (Å²) in [5.74, 6) is 0.342. The summed E-state index contributed by atoms with van der Waals surface area (Å²) in [6, 6.07) is 10.8. The third kappa shape index (κ3) is 2.49. The minimum Gasteiger partial charge on any atom is -0.370 e. The first-order valence-corrected chi connectivity index (χ1v) is 9.21. The van der Waals surface area contributed by atoms with E-state index < -0.39 is 0 Å². The topological polar surface area (TPSA) is 39.1 Å². The summed E-state index contributed by atoms with van der Waals surface area (Å²) in [7, 11) is 2.10. The smallest absolute Gasteiger partial charge is 0.0991 e. The molecule has 2 aliphatic rings. The van der Waals surface area contributed by atoms with E-state index in [2.05, 4.69) is 54.3 Å². The van der Waals surface area contributed by atoms with E-state index in [-0.39, 0.29) is 5.60 Å². The normalized spacial score (nSPS) is 20.8. The van der Waals surface area contributed by atoms with Crippen molar-refractivity contribution in [3.8, 4) is 0 Å². The molecule has 1 saturated heterocycles. The van der Waals surface area contributed by atoms with Crippen LogP contribution in [0.2, 0.25) is 0 Å². The molecule has 4 heteroatoms. The molecule has 24 heavy (non-hydrogen) atoms. The zero-order chi connectivity index (χ0) is 16.6. The molecule has 1 fully saturated rings. The highest BCUT2D eigenvalue weighted by Gasteiger charge is 2.44. The van der Waals surface area contributed by atoms with Crippen molar-refractivity contribution in [2.45, 2.75) is 44.1 Å². The van der Waals surface area contributed by atoms with Gasteiger partial charge in [-0.15, -0.1) is 0 Å². The Balaban J connectivity index is 1.85. The van der Waals surface area contributed by atoms with Crippen LogP contribution in [0, 0.1) is 0 Å². The molecule has 1 aromatic carbocycles. The van der Waals surface area contributed by atoms with Crippen LogP contribution in [0.3, 0.4) is 0 Å². The van der Waals surface area contributed by atoms with Crippen molar-refractivity contribution in [1.29, 1.82) is 0 Å². The van der Waals surface area contributed by atoms with Crippen LogP contribution in [-0.2, 0) is 23.8 Å². The van der Waals surface area contributed by atoms with Gasteiger partial charge >= 0.3 is 0 Å². The number of ether oxygens (including phenoxy) is 1. The van der Waals surface area contributed by atoms with Gasteiger partial charge in [0.1, 0.15) is 0 Å². The zero-order valence-electron chi connectivity index (χ0n) is 14.7. The van der Waals surface area contributed by atoms with Crippen LogP contribution in [0.1, 0.15) is 54.6 Å². The summed E-state index contributed by atoms with van der Waals surface area (Å²) in [6.07, 6.45) is 4.12. The molecule has 1 N–H and O–H groups in total. The lowest BCUT2D eigenvalue weighted by molar-refractivity contribution is -0.0815. The van der Waals surface area contributed by atoms with Crippen LogP contribution in [-0.4, -0.2) is 29.5 Å². The second-order valence-electron chi connectivity index (χ2n) is 7.04. The number of nitrogens with one attached hydrogen (secondary N) is 1. The van der Waals surface area contributed by atoms with Gasteiger partial charge < -0.3 is 10.1 Å². The number of fused-ring (bicyclic) bond motifs is 2. The molecule has 128 valence electrons. The predicted molar refractivity (Wildman–Crippen MR) is 95.2 cm³/mol. The Morgan fingerprint density at radius 3 is 2.71 bits per heavy atom. The molecule has 3 heterocycles. The fourth-order valence-electron chi connectivity index (χ4n) is 4.52. The zero-order valence-corrected chi connectivity index (χ0v) is 14.7. The van der Waals surface area contributed by atoms with E-state index in [0.29, 0.717) is 5.92 Å². The monoisotopic (exact) mass is 325 g/mol. The molecule has 1 spiro atoms. The maximum atomic E-state index is 6.42. The molecule has 2 aliphatic heterocycles. The molecule has 0 saturated carbocycles. The minimum absolute atomic E-state index is 0.134. The third-order valence-electron chi connectivity index (χ3n) is 5.72. The number of rotatable bonds is 3. The SMILES string of the molecule is CCC(c1ccccc1)c1nn(C)c2c1C1(CCNCC1)OCC2. The van der Waals surface area contributed by atoms with E-state index in [1.54, 1.807) is 0 Å². The Morgan fingerprint density at radius 2 is 2.00 bits per heavy atom. The third-order valence-corrected chi connectivity index (χ3v) is 5.72. The van der Waals surface area contributed by atoms with Crippen LogP contribution in [0.4, 0.5) is 0 Å². The van der Waals surface area contributed by atoms with E-state index >= 15 is 0 Å². The van der Waals surface area contributed by atoms with Crippen molar-refractivity contribution < 1.29 is 4.74 Å². The van der Waals surface area contributed by atoms with Crippen LogP contribution in [0.5, 0.6) is 0 Å². The Kier molecular flexibility index (Phi) is 4.19. The molecule has 1 atom stereocenters. The maximum Gasteiger partial charge on any atom is 0.0991 e. The highest BCUT2D eigenvalue weighted by atomic mass is 16.5. The van der Waals surface area contributed by atoms with Crippen molar-refractivity contribution in [2.75, 3.05) is 19.7 Å². The first-order chi connectivity index (χ1) is 11.7. The molecular formula is C20H27N3O. The number of hydrogen-bond donors (Lipinski definition) is 1. The summed E-state index contributed by atoms with van der Waals surface area (Å²) in [6.45, 7) is 5.12. The van der Waals surface area contributed by atoms with Gasteiger partial charge in [0.25, 0.3) is 0 Å². The fourth-order valence-corrected chi connectivity index (χ4v) is 4.52. The van der Waals surface area contributed by atoms with Gasteiger partial charge in [-0.2, -0.15) is 5.10 Å². The molecule has 0 radical (unpaired) electrons. The number of hydrogen-bond acceptors (Lipinski definition) is 3. The number of aryl methyl sites for hydroxylation is 1. The summed E-state index contributed by atoms with van der Waals surface area (Å²) in [5, 5.41) is 8.49. The van der Waals surface area contributed by atoms with Gasteiger partial charge in [-0.3, -0.25) is 4.68 Å². The molecular weight excluding hydrogens is 298 g/mol. The van der Waals surface area contributed by atoms with E-state index in [4.69, 9.17) is 9.84 Å². The first-order valence-electron chi connectivity index (χ1n) is 9.21. The minimum atomic E-state index is -0.134. The van der Waals surface area contributed by atoms with Gasteiger partial charge in [0, 0.05) is 30.6 Å². The van der Waals surface area contributed by atoms with Crippen LogP contribution in [0.25, 0.3) is 0 Å². The summed E-state index contributed by atoms with van der Waals surface area (Å²) in [5.41, 5.74) is 5.24. The molecule has 4 rings (SSSR count). The summed E-state index contributed by atoms with van der Waals surface area (Å²) in [4.78, 5) is 0. The Morgan fingerprint density at radius 1 is 1.25 bits per heavy atom. The van der Waals surface area contributed by atoms with Gasteiger partial charge in [-0.1, -0.05) is 37.3 Å². The Hall–Kier alpha value is -1.65. The second-order valence-corrected chi connectivity index (χ2v) is 7.04. The van der Waals surface area contributed by atoms with Crippen molar-refractivity contribution in [2.24, 2.45) is 7.05 Å². The number of piperidine rings is 1. The molecule has 1 unspecified atom stereocenters. The van der Waals surface area contributed by atoms with E-state index in [0.717, 1.165) is 45.4 Å². The molecule has 2 aromatic rings. The van der Waals surface area contributed by atoms with Gasteiger partial charge in [0.05, 0.1) is 17.9 Å². The van der Waals surface area contributed by atoms with Crippen LogP contribution < -0.4 is 5.32 Å². The van der Waals surface area contributed by atoms with Gasteiger partial charge in [0.15, 0.2) is 0 Å². The van der Waals surface area contributed by atoms with Crippen molar-refractivity contribution >= 4 is 0 Å². The van der Waals surface area contributed by atoms with Crippen LogP contribution in [0.15, 0.2) is 30.3 Å². The maximum absolute atomic E-state index is 6.42. The lowest BCUT2D eigenvalue weighted by Crippen LogP contribution is -2.45. The number of nitrogens with zero attached hydrogens (tertiary/aromatic N) is 2. The van der Waals surface area contributed by atoms with E-state index in [1.807, 2.05) is 0 Å². The lowest BCUT2D eigenvalue weighted by Gasteiger charge is -2.41. The largest absolute Gasteiger partial charge is 0.370 e. The molecule has 4 nitrogen and oxygen atoms in total. The molecule has 1 aromatic heterocycles. The average Bonchev–Trinajstić information content (AvgIpc) is 2.96. The highest BCUT2D eigenvalue weighted by Crippen LogP contribution is 2.45. The summed E-state index contributed by atoms with van der Waals surface area (Å²) < 4.78 is 8.54. The van der Waals surface area contributed by atoms with Crippen molar-refractivity contribution in [3.05, 3.63) is 52.8 Å². The predicted octanol–water partition coefficient (Wildman–Crippen LogP) is 3.11. The fraction of sp³-hybridized carbons (Fsp3) is 0.550. The van der Waals surface area contributed by atoms with Crippen LogP contribution >= 0.6 is 0 Å².